The van der Waals surface area contributed by atoms with Gasteiger partial charge in [-0.3, -0.25) is 0 Å². The van der Waals surface area contributed by atoms with Crippen molar-refractivity contribution in [2.45, 2.75) is 64.1 Å². The van der Waals surface area contributed by atoms with E-state index in [2.05, 4.69) is 49.4 Å². The number of fused-ring (bicyclic) bond motifs is 5. The number of aliphatic hydroxyl groups is 1. The lowest BCUT2D eigenvalue weighted by Gasteiger charge is -2.50. The first-order chi connectivity index (χ1) is 13.1. The van der Waals surface area contributed by atoms with Gasteiger partial charge in [0.25, 0.3) is 0 Å². The number of hydrogen-bond donors (Lipinski definition) is 1. The summed E-state index contributed by atoms with van der Waals surface area (Å²) in [6.07, 6.45) is 6.96. The molecule has 0 bridgehead atoms. The molecule has 0 unspecified atom stereocenters. The van der Waals surface area contributed by atoms with Gasteiger partial charge in [-0.2, -0.15) is 0 Å². The Morgan fingerprint density at radius 2 is 1.89 bits per heavy atom. The maximum absolute atomic E-state index is 10.5. The number of aliphatic hydroxyl groups excluding tert-OH is 1. The van der Waals surface area contributed by atoms with E-state index in [0.717, 1.165) is 24.5 Å². The molecular weight excluding hydrogens is 332 g/mol. The van der Waals surface area contributed by atoms with Crippen LogP contribution in [0.5, 0.6) is 5.75 Å². The van der Waals surface area contributed by atoms with Crippen molar-refractivity contribution in [2.24, 2.45) is 17.3 Å². The van der Waals surface area contributed by atoms with Crippen molar-refractivity contribution in [2.75, 3.05) is 0 Å². The van der Waals surface area contributed by atoms with E-state index in [1.165, 1.54) is 36.8 Å². The van der Waals surface area contributed by atoms with Crippen molar-refractivity contribution in [3.63, 3.8) is 0 Å². The van der Waals surface area contributed by atoms with Gasteiger partial charge in [0.2, 0.25) is 0 Å². The fourth-order valence-corrected chi connectivity index (χ4v) is 6.36. The molecule has 142 valence electrons. The van der Waals surface area contributed by atoms with Crippen LogP contribution in [0, 0.1) is 17.3 Å². The predicted octanol–water partition coefficient (Wildman–Crippen LogP) is 5.48. The number of aryl methyl sites for hydroxylation is 1. The third-order valence-electron chi connectivity index (χ3n) is 7.90. The minimum absolute atomic E-state index is 0.0846. The molecule has 0 amide bonds. The van der Waals surface area contributed by atoms with E-state index in [0.29, 0.717) is 18.4 Å². The van der Waals surface area contributed by atoms with Crippen LogP contribution in [0.3, 0.4) is 0 Å². The van der Waals surface area contributed by atoms with Gasteiger partial charge in [-0.1, -0.05) is 43.3 Å². The monoisotopic (exact) mass is 362 g/mol. The van der Waals surface area contributed by atoms with Crippen LogP contribution >= 0.6 is 0 Å². The first-order valence-electron chi connectivity index (χ1n) is 10.6. The van der Waals surface area contributed by atoms with E-state index >= 15 is 0 Å². The van der Waals surface area contributed by atoms with Gasteiger partial charge in [0.15, 0.2) is 0 Å². The van der Waals surface area contributed by atoms with Crippen LogP contribution in [0.25, 0.3) is 0 Å². The van der Waals surface area contributed by atoms with Crippen LogP contribution in [-0.2, 0) is 13.0 Å². The SMILES string of the molecule is C[C@]12CC[C@@H]3c4ccc(OCc5ccccc5)cc4CC[C@H]3[C@@H]1CC[C@H]2O. The van der Waals surface area contributed by atoms with E-state index in [9.17, 15) is 5.11 Å². The first-order valence-corrected chi connectivity index (χ1v) is 10.6. The lowest BCUT2D eigenvalue weighted by atomic mass is 9.55. The summed E-state index contributed by atoms with van der Waals surface area (Å²) in [6, 6.07) is 17.2. The minimum Gasteiger partial charge on any atom is -0.489 e. The first kappa shape index (κ1) is 17.3. The molecule has 0 saturated heterocycles. The normalized spacial score (nSPS) is 34.4. The molecule has 2 nitrogen and oxygen atoms in total. The second-order valence-electron chi connectivity index (χ2n) is 9.19. The van der Waals surface area contributed by atoms with Crippen molar-refractivity contribution < 1.29 is 9.84 Å². The fourth-order valence-electron chi connectivity index (χ4n) is 6.36. The summed E-state index contributed by atoms with van der Waals surface area (Å²) in [7, 11) is 0. The Kier molecular flexibility index (Phi) is 4.27. The topological polar surface area (TPSA) is 29.5 Å². The Morgan fingerprint density at radius 1 is 1.04 bits per heavy atom. The fraction of sp³-hybridized carbons (Fsp3) is 0.520. The van der Waals surface area contributed by atoms with Gasteiger partial charge >= 0.3 is 0 Å². The Hall–Kier alpha value is -1.80. The molecule has 0 aromatic heterocycles. The molecule has 0 heterocycles. The molecule has 0 spiro atoms. The van der Waals surface area contributed by atoms with Gasteiger partial charge in [0.05, 0.1) is 6.10 Å². The molecule has 3 aliphatic rings. The largest absolute Gasteiger partial charge is 0.489 e. The highest BCUT2D eigenvalue weighted by atomic mass is 16.5. The zero-order valence-electron chi connectivity index (χ0n) is 16.2. The predicted molar refractivity (Wildman–Crippen MR) is 108 cm³/mol. The number of benzene rings is 2. The Balaban J connectivity index is 1.34. The van der Waals surface area contributed by atoms with Crippen LogP contribution in [0.2, 0.25) is 0 Å². The van der Waals surface area contributed by atoms with Crippen molar-refractivity contribution in [3.05, 3.63) is 65.2 Å². The van der Waals surface area contributed by atoms with Crippen molar-refractivity contribution in [1.82, 2.24) is 0 Å². The molecule has 3 aliphatic carbocycles. The highest BCUT2D eigenvalue weighted by Crippen LogP contribution is 2.60. The van der Waals surface area contributed by atoms with Crippen LogP contribution < -0.4 is 4.74 Å². The number of ether oxygens (including phenoxy) is 1. The molecule has 2 heteroatoms. The highest BCUT2D eigenvalue weighted by Gasteiger charge is 2.54. The third-order valence-corrected chi connectivity index (χ3v) is 7.90. The molecule has 2 aromatic carbocycles. The van der Waals surface area contributed by atoms with Gasteiger partial charge in [-0.15, -0.1) is 0 Å². The summed E-state index contributed by atoms with van der Waals surface area (Å²) < 4.78 is 6.06. The lowest BCUT2D eigenvalue weighted by molar-refractivity contribution is -0.0226. The quantitative estimate of drug-likeness (QED) is 0.783. The highest BCUT2D eigenvalue weighted by molar-refractivity contribution is 5.41. The standard InChI is InChI=1S/C25H30O2/c1-25-14-13-21-20-10-8-19(27-16-17-5-3-2-4-6-17)15-18(20)7-9-22(21)23(25)11-12-24(25)26/h2-6,8,10,15,21-24,26H,7,9,11-14,16H2,1H3/t21-,22-,23+,24-,25+/m1/s1. The third kappa shape index (κ3) is 2.89. The van der Waals surface area contributed by atoms with Gasteiger partial charge in [0.1, 0.15) is 12.4 Å². The molecule has 2 saturated carbocycles. The van der Waals surface area contributed by atoms with Crippen LogP contribution in [0.4, 0.5) is 0 Å². The molecule has 2 aromatic rings. The summed E-state index contributed by atoms with van der Waals surface area (Å²) >= 11 is 0. The zero-order chi connectivity index (χ0) is 18.4. The minimum atomic E-state index is -0.0846. The summed E-state index contributed by atoms with van der Waals surface area (Å²) in [6.45, 7) is 2.98. The van der Waals surface area contributed by atoms with Gasteiger partial charge in [0, 0.05) is 0 Å². The smallest absolute Gasteiger partial charge is 0.120 e. The average Bonchev–Trinajstić information content (AvgIpc) is 3.01. The summed E-state index contributed by atoms with van der Waals surface area (Å²) in [5, 5.41) is 10.5. The van der Waals surface area contributed by atoms with Gasteiger partial charge in [-0.25, -0.2) is 0 Å². The molecule has 5 rings (SSSR count). The second kappa shape index (κ2) is 6.67. The summed E-state index contributed by atoms with van der Waals surface area (Å²) in [5.74, 6) is 3.13. The molecule has 2 fully saturated rings. The molecule has 5 atom stereocenters. The molecule has 0 radical (unpaired) electrons. The zero-order valence-corrected chi connectivity index (χ0v) is 16.2. The maximum atomic E-state index is 10.5. The second-order valence-corrected chi connectivity index (χ2v) is 9.19. The van der Waals surface area contributed by atoms with E-state index in [4.69, 9.17) is 4.74 Å². The van der Waals surface area contributed by atoms with Crippen LogP contribution in [-0.4, -0.2) is 11.2 Å². The number of hydrogen-bond acceptors (Lipinski definition) is 2. The van der Waals surface area contributed by atoms with E-state index < -0.39 is 0 Å². The van der Waals surface area contributed by atoms with Gasteiger partial charge in [-0.05, 0) is 90.5 Å². The van der Waals surface area contributed by atoms with E-state index in [1.54, 1.807) is 5.56 Å². The Labute approximate surface area is 162 Å². The lowest BCUT2D eigenvalue weighted by Crippen LogP contribution is -2.43. The molecule has 1 N–H and O–H groups in total. The van der Waals surface area contributed by atoms with Crippen molar-refractivity contribution >= 4 is 0 Å². The van der Waals surface area contributed by atoms with E-state index in [1.807, 2.05) is 6.07 Å². The summed E-state index contributed by atoms with van der Waals surface area (Å²) in [5.41, 5.74) is 4.42. The van der Waals surface area contributed by atoms with E-state index in [-0.39, 0.29) is 11.5 Å². The van der Waals surface area contributed by atoms with Crippen molar-refractivity contribution in [1.29, 1.82) is 0 Å². The number of rotatable bonds is 3. The van der Waals surface area contributed by atoms with Crippen LogP contribution in [0.15, 0.2) is 48.5 Å². The molecule has 27 heavy (non-hydrogen) atoms. The molecular formula is C25H30O2. The Morgan fingerprint density at radius 3 is 2.74 bits per heavy atom. The molecule has 0 aliphatic heterocycles. The maximum Gasteiger partial charge on any atom is 0.120 e. The van der Waals surface area contributed by atoms with Crippen molar-refractivity contribution in [3.8, 4) is 5.75 Å². The average molecular weight is 363 g/mol. The summed E-state index contributed by atoms with van der Waals surface area (Å²) in [4.78, 5) is 0. The Bertz CT molecular complexity index is 814. The van der Waals surface area contributed by atoms with Crippen LogP contribution in [0.1, 0.15) is 61.6 Å². The van der Waals surface area contributed by atoms with Gasteiger partial charge < -0.3 is 9.84 Å².